The van der Waals surface area contributed by atoms with Crippen LogP contribution in [0.4, 0.5) is 4.39 Å². The summed E-state index contributed by atoms with van der Waals surface area (Å²) in [5, 5.41) is 3.39. The van der Waals surface area contributed by atoms with Crippen molar-refractivity contribution in [3.63, 3.8) is 0 Å². The van der Waals surface area contributed by atoms with Gasteiger partial charge in [0, 0.05) is 17.8 Å². The van der Waals surface area contributed by atoms with Crippen molar-refractivity contribution in [3.05, 3.63) is 29.3 Å². The molecule has 0 saturated carbocycles. The van der Waals surface area contributed by atoms with E-state index in [9.17, 15) is 4.39 Å². The zero-order valence-corrected chi connectivity index (χ0v) is 10.2. The van der Waals surface area contributed by atoms with E-state index in [1.54, 1.807) is 6.07 Å². The minimum absolute atomic E-state index is 0.159. The van der Waals surface area contributed by atoms with Gasteiger partial charge in [0.25, 0.3) is 0 Å². The zero-order valence-electron chi connectivity index (χ0n) is 10.2. The van der Waals surface area contributed by atoms with E-state index >= 15 is 0 Å². The summed E-state index contributed by atoms with van der Waals surface area (Å²) in [5.41, 5.74) is 7.76. The summed E-state index contributed by atoms with van der Waals surface area (Å²) in [6.07, 6.45) is 5.23. The van der Waals surface area contributed by atoms with E-state index in [4.69, 9.17) is 5.73 Å². The number of hydrogen-bond donors (Lipinski definition) is 2. The van der Waals surface area contributed by atoms with Gasteiger partial charge in [0.05, 0.1) is 6.20 Å². The van der Waals surface area contributed by atoms with E-state index in [0.29, 0.717) is 0 Å². The summed E-state index contributed by atoms with van der Waals surface area (Å²) < 4.78 is 13.3. The third kappa shape index (κ3) is 3.23. The average molecular weight is 237 g/mol. The van der Waals surface area contributed by atoms with Crippen LogP contribution in [0.1, 0.15) is 43.5 Å². The molecule has 3 N–H and O–H groups in total. The second kappa shape index (κ2) is 5.56. The summed E-state index contributed by atoms with van der Waals surface area (Å²) in [6, 6.07) is 2.04. The molecule has 2 atom stereocenters. The van der Waals surface area contributed by atoms with Crippen molar-refractivity contribution in [2.24, 2.45) is 5.73 Å². The van der Waals surface area contributed by atoms with Gasteiger partial charge < -0.3 is 11.1 Å². The standard InChI is InChI=1S/C13H20FN3/c1-9(15)4-5-13-11(7-10(14)8-17-13)12-3-2-6-16-12/h7-9,12,16H,2-6,15H2,1H3/t9-,12-/m1/s1. The number of aromatic nitrogens is 1. The molecule has 4 heteroatoms. The predicted molar refractivity (Wildman–Crippen MR) is 66.1 cm³/mol. The van der Waals surface area contributed by atoms with Crippen LogP contribution in [0.3, 0.4) is 0 Å². The number of rotatable bonds is 4. The molecule has 94 valence electrons. The summed E-state index contributed by atoms with van der Waals surface area (Å²) in [6.45, 7) is 2.99. The van der Waals surface area contributed by atoms with Crippen LogP contribution in [0.2, 0.25) is 0 Å². The van der Waals surface area contributed by atoms with Gasteiger partial charge in [0.15, 0.2) is 0 Å². The Hall–Kier alpha value is -1.00. The zero-order chi connectivity index (χ0) is 12.3. The van der Waals surface area contributed by atoms with E-state index in [2.05, 4.69) is 10.3 Å². The molecule has 1 aliphatic rings. The van der Waals surface area contributed by atoms with Gasteiger partial charge in [0.2, 0.25) is 0 Å². The lowest BCUT2D eigenvalue weighted by atomic mass is 9.99. The SMILES string of the molecule is C[C@@H](N)CCc1ncc(F)cc1[C@H]1CCCN1. The minimum Gasteiger partial charge on any atom is -0.328 e. The topological polar surface area (TPSA) is 50.9 Å². The Morgan fingerprint density at radius 1 is 1.65 bits per heavy atom. The monoisotopic (exact) mass is 237 g/mol. The lowest BCUT2D eigenvalue weighted by molar-refractivity contribution is 0.581. The number of hydrogen-bond acceptors (Lipinski definition) is 3. The van der Waals surface area contributed by atoms with Crippen LogP contribution in [-0.2, 0) is 6.42 Å². The Labute approximate surface area is 102 Å². The fourth-order valence-electron chi connectivity index (χ4n) is 2.31. The van der Waals surface area contributed by atoms with Crippen molar-refractivity contribution in [2.75, 3.05) is 6.54 Å². The second-order valence-corrected chi connectivity index (χ2v) is 4.85. The minimum atomic E-state index is -0.252. The maximum absolute atomic E-state index is 13.3. The summed E-state index contributed by atoms with van der Waals surface area (Å²) in [4.78, 5) is 4.22. The van der Waals surface area contributed by atoms with E-state index in [1.165, 1.54) is 6.20 Å². The van der Waals surface area contributed by atoms with Gasteiger partial charge >= 0.3 is 0 Å². The highest BCUT2D eigenvalue weighted by Crippen LogP contribution is 2.26. The van der Waals surface area contributed by atoms with Crippen molar-refractivity contribution < 1.29 is 4.39 Å². The van der Waals surface area contributed by atoms with Crippen molar-refractivity contribution >= 4 is 0 Å². The van der Waals surface area contributed by atoms with E-state index in [-0.39, 0.29) is 17.9 Å². The third-order valence-electron chi connectivity index (χ3n) is 3.24. The number of halogens is 1. The van der Waals surface area contributed by atoms with Crippen molar-refractivity contribution in [3.8, 4) is 0 Å². The second-order valence-electron chi connectivity index (χ2n) is 4.85. The molecule has 2 rings (SSSR count). The largest absolute Gasteiger partial charge is 0.328 e. The molecule has 0 unspecified atom stereocenters. The molecule has 3 nitrogen and oxygen atoms in total. The Morgan fingerprint density at radius 3 is 3.12 bits per heavy atom. The van der Waals surface area contributed by atoms with Gasteiger partial charge in [-0.2, -0.15) is 0 Å². The number of pyridine rings is 1. The Bertz CT molecular complexity index is 373. The molecule has 1 fully saturated rings. The molecule has 17 heavy (non-hydrogen) atoms. The number of nitrogens with one attached hydrogen (secondary N) is 1. The molecule has 0 amide bonds. The first-order valence-electron chi connectivity index (χ1n) is 6.30. The summed E-state index contributed by atoms with van der Waals surface area (Å²) >= 11 is 0. The maximum atomic E-state index is 13.3. The van der Waals surface area contributed by atoms with Crippen LogP contribution in [0.15, 0.2) is 12.3 Å². The van der Waals surface area contributed by atoms with Crippen molar-refractivity contribution in [2.45, 2.75) is 44.7 Å². The molecule has 0 aliphatic carbocycles. The van der Waals surface area contributed by atoms with Gasteiger partial charge in [-0.05, 0) is 50.8 Å². The van der Waals surface area contributed by atoms with Gasteiger partial charge in [-0.1, -0.05) is 0 Å². The molecule has 0 aromatic carbocycles. The molecule has 0 radical (unpaired) electrons. The van der Waals surface area contributed by atoms with Crippen LogP contribution in [0, 0.1) is 5.82 Å². The molecule has 1 aromatic heterocycles. The van der Waals surface area contributed by atoms with Crippen molar-refractivity contribution in [1.29, 1.82) is 0 Å². The van der Waals surface area contributed by atoms with Crippen LogP contribution in [0.5, 0.6) is 0 Å². The smallest absolute Gasteiger partial charge is 0.141 e. The third-order valence-corrected chi connectivity index (χ3v) is 3.24. The molecular weight excluding hydrogens is 217 g/mol. The highest BCUT2D eigenvalue weighted by molar-refractivity contribution is 5.25. The molecule has 0 bridgehead atoms. The lowest BCUT2D eigenvalue weighted by Crippen LogP contribution is -2.19. The van der Waals surface area contributed by atoms with E-state index in [1.807, 2.05) is 6.92 Å². The molecule has 1 aliphatic heterocycles. The summed E-state index contributed by atoms with van der Waals surface area (Å²) in [5.74, 6) is -0.252. The van der Waals surface area contributed by atoms with Gasteiger partial charge in [0.1, 0.15) is 5.82 Å². The van der Waals surface area contributed by atoms with Crippen LogP contribution >= 0.6 is 0 Å². The van der Waals surface area contributed by atoms with E-state index < -0.39 is 0 Å². The van der Waals surface area contributed by atoms with Crippen molar-refractivity contribution in [1.82, 2.24) is 10.3 Å². The van der Waals surface area contributed by atoms with E-state index in [0.717, 1.165) is 43.5 Å². The Balaban J connectivity index is 2.17. The quantitative estimate of drug-likeness (QED) is 0.841. The average Bonchev–Trinajstić information content (AvgIpc) is 2.80. The number of nitrogens with two attached hydrogens (primary N) is 1. The molecule has 1 saturated heterocycles. The fraction of sp³-hybridized carbons (Fsp3) is 0.615. The maximum Gasteiger partial charge on any atom is 0.141 e. The Morgan fingerprint density at radius 2 is 2.47 bits per heavy atom. The normalized spacial score (nSPS) is 21.7. The van der Waals surface area contributed by atoms with Crippen LogP contribution < -0.4 is 11.1 Å². The molecule has 0 spiro atoms. The van der Waals surface area contributed by atoms with Gasteiger partial charge in [-0.15, -0.1) is 0 Å². The number of aryl methyl sites for hydroxylation is 1. The molecular formula is C13H20FN3. The fourth-order valence-corrected chi connectivity index (χ4v) is 2.31. The van der Waals surface area contributed by atoms with Gasteiger partial charge in [-0.3, -0.25) is 4.98 Å². The highest BCUT2D eigenvalue weighted by atomic mass is 19.1. The highest BCUT2D eigenvalue weighted by Gasteiger charge is 2.20. The first-order valence-corrected chi connectivity index (χ1v) is 6.30. The molecule has 2 heterocycles. The number of nitrogens with zero attached hydrogens (tertiary/aromatic N) is 1. The van der Waals surface area contributed by atoms with Gasteiger partial charge in [-0.25, -0.2) is 4.39 Å². The predicted octanol–water partition coefficient (Wildman–Crippen LogP) is 1.93. The first kappa shape index (κ1) is 12.5. The first-order chi connectivity index (χ1) is 8.16. The molecule has 1 aromatic rings. The summed E-state index contributed by atoms with van der Waals surface area (Å²) in [7, 11) is 0. The van der Waals surface area contributed by atoms with Crippen LogP contribution in [0.25, 0.3) is 0 Å². The Kier molecular flexibility index (Phi) is 4.07. The van der Waals surface area contributed by atoms with Crippen LogP contribution in [-0.4, -0.2) is 17.6 Å². The lowest BCUT2D eigenvalue weighted by Gasteiger charge is -2.15.